The van der Waals surface area contributed by atoms with Crippen molar-refractivity contribution in [2.75, 3.05) is 7.11 Å². The smallest absolute Gasteiger partial charge is 0.136 e. The van der Waals surface area contributed by atoms with Crippen LogP contribution in [0.5, 0.6) is 5.75 Å². The van der Waals surface area contributed by atoms with Crippen molar-refractivity contribution in [2.24, 2.45) is 5.92 Å². The molecule has 0 saturated heterocycles. The summed E-state index contributed by atoms with van der Waals surface area (Å²) in [5.74, 6) is 1.48. The minimum absolute atomic E-state index is 0.201. The molecule has 0 unspecified atom stereocenters. The van der Waals surface area contributed by atoms with E-state index in [1.807, 2.05) is 18.2 Å². The van der Waals surface area contributed by atoms with E-state index < -0.39 is 0 Å². The number of ether oxygens (including phenoxy) is 1. The lowest BCUT2D eigenvalue weighted by molar-refractivity contribution is -0.124. The molecule has 0 heterocycles. The summed E-state index contributed by atoms with van der Waals surface area (Å²) >= 11 is 3.54. The highest BCUT2D eigenvalue weighted by molar-refractivity contribution is 9.10. The summed E-state index contributed by atoms with van der Waals surface area (Å²) < 4.78 is 6.29. The highest BCUT2D eigenvalue weighted by Crippen LogP contribution is 2.29. The second-order valence-corrected chi connectivity index (χ2v) is 5.42. The van der Waals surface area contributed by atoms with Gasteiger partial charge in [0.2, 0.25) is 0 Å². The van der Waals surface area contributed by atoms with E-state index >= 15 is 0 Å². The molecule has 1 aliphatic carbocycles. The van der Waals surface area contributed by atoms with Gasteiger partial charge in [-0.25, -0.2) is 0 Å². The lowest BCUT2D eigenvalue weighted by atomic mass is 9.84. The molecule has 1 fully saturated rings. The second kappa shape index (κ2) is 5.67. The van der Waals surface area contributed by atoms with E-state index in [0.717, 1.165) is 35.9 Å². The summed E-state index contributed by atoms with van der Waals surface area (Å²) in [6.45, 7) is 0. The highest BCUT2D eigenvalue weighted by Gasteiger charge is 2.23. The number of hydrogen-bond acceptors (Lipinski definition) is 2. The maximum Gasteiger partial charge on any atom is 0.136 e. The van der Waals surface area contributed by atoms with Crippen LogP contribution in [0, 0.1) is 5.92 Å². The van der Waals surface area contributed by atoms with Crippen LogP contribution in [0.25, 0.3) is 0 Å². The number of halogens is 1. The van der Waals surface area contributed by atoms with E-state index in [0.29, 0.717) is 5.78 Å². The maximum atomic E-state index is 11.8. The molecule has 1 atom stereocenters. The third-order valence-electron chi connectivity index (χ3n) is 3.40. The Kier molecular flexibility index (Phi) is 4.21. The Morgan fingerprint density at radius 1 is 1.41 bits per heavy atom. The van der Waals surface area contributed by atoms with E-state index in [2.05, 4.69) is 15.9 Å². The predicted octanol–water partition coefficient (Wildman–Crippen LogP) is 3.76. The lowest BCUT2D eigenvalue weighted by Crippen LogP contribution is -2.21. The van der Waals surface area contributed by atoms with Crippen molar-refractivity contribution in [1.82, 2.24) is 0 Å². The molecule has 92 valence electrons. The van der Waals surface area contributed by atoms with Crippen LogP contribution in [-0.4, -0.2) is 12.9 Å². The summed E-state index contributed by atoms with van der Waals surface area (Å²) in [6, 6.07) is 5.93. The molecule has 1 saturated carbocycles. The Labute approximate surface area is 110 Å². The van der Waals surface area contributed by atoms with E-state index in [1.54, 1.807) is 7.11 Å². The quantitative estimate of drug-likeness (QED) is 0.849. The number of hydrogen-bond donors (Lipinski definition) is 0. The number of benzene rings is 1. The Balaban J connectivity index is 2.14. The first-order valence-corrected chi connectivity index (χ1v) is 6.85. The Morgan fingerprint density at radius 3 is 2.94 bits per heavy atom. The summed E-state index contributed by atoms with van der Waals surface area (Å²) in [5.41, 5.74) is 1.17. The van der Waals surface area contributed by atoms with Gasteiger partial charge in [-0.05, 0) is 43.0 Å². The van der Waals surface area contributed by atoms with Crippen molar-refractivity contribution in [3.8, 4) is 5.75 Å². The van der Waals surface area contributed by atoms with Crippen LogP contribution in [0.2, 0.25) is 0 Å². The van der Waals surface area contributed by atoms with Crippen LogP contribution in [-0.2, 0) is 11.2 Å². The standard InChI is InChI=1S/C14H17BrO2/c1-17-12-6-7-13(15)11(9-12)8-10-4-2-3-5-14(10)16/h6-7,9-10H,2-5,8H2,1H3/t10-/m0/s1. The molecule has 2 nitrogen and oxygen atoms in total. The van der Waals surface area contributed by atoms with Gasteiger partial charge in [-0.1, -0.05) is 22.4 Å². The SMILES string of the molecule is COc1ccc(Br)c(C[C@@H]2CCCCC2=O)c1. The molecule has 0 spiro atoms. The molecule has 0 bridgehead atoms. The Morgan fingerprint density at radius 2 is 2.24 bits per heavy atom. The number of rotatable bonds is 3. The van der Waals surface area contributed by atoms with Crippen LogP contribution in [0.4, 0.5) is 0 Å². The number of Topliss-reactive ketones (excluding diaryl/α,β-unsaturated/α-hetero) is 1. The third kappa shape index (κ3) is 3.09. The zero-order chi connectivity index (χ0) is 12.3. The molecule has 0 aromatic heterocycles. The minimum Gasteiger partial charge on any atom is -0.497 e. The van der Waals surface area contributed by atoms with Crippen molar-refractivity contribution in [1.29, 1.82) is 0 Å². The molecule has 1 aromatic carbocycles. The van der Waals surface area contributed by atoms with Gasteiger partial charge in [-0.2, -0.15) is 0 Å². The number of ketones is 1. The van der Waals surface area contributed by atoms with Crippen LogP contribution in [0.15, 0.2) is 22.7 Å². The first-order valence-electron chi connectivity index (χ1n) is 6.06. The molecule has 1 aliphatic rings. The molecule has 0 N–H and O–H groups in total. The fourth-order valence-corrected chi connectivity index (χ4v) is 2.78. The summed E-state index contributed by atoms with van der Waals surface area (Å²) in [6.07, 6.45) is 4.86. The molecule has 17 heavy (non-hydrogen) atoms. The molecule has 3 heteroatoms. The summed E-state index contributed by atoms with van der Waals surface area (Å²) in [4.78, 5) is 11.8. The maximum absolute atomic E-state index is 11.8. The first-order chi connectivity index (χ1) is 8.20. The van der Waals surface area contributed by atoms with Crippen LogP contribution in [0.3, 0.4) is 0 Å². The molecular formula is C14H17BrO2. The zero-order valence-electron chi connectivity index (χ0n) is 10.0. The average Bonchev–Trinajstić information content (AvgIpc) is 2.35. The fraction of sp³-hybridized carbons (Fsp3) is 0.500. The minimum atomic E-state index is 0.201. The van der Waals surface area contributed by atoms with Gasteiger partial charge in [-0.3, -0.25) is 4.79 Å². The van der Waals surface area contributed by atoms with Gasteiger partial charge in [0.05, 0.1) is 7.11 Å². The average molecular weight is 297 g/mol. The van der Waals surface area contributed by atoms with Crippen molar-refractivity contribution < 1.29 is 9.53 Å². The van der Waals surface area contributed by atoms with Crippen molar-refractivity contribution in [2.45, 2.75) is 32.1 Å². The van der Waals surface area contributed by atoms with Gasteiger partial charge < -0.3 is 4.74 Å². The predicted molar refractivity (Wildman–Crippen MR) is 71.4 cm³/mol. The van der Waals surface area contributed by atoms with Gasteiger partial charge in [0.15, 0.2) is 0 Å². The van der Waals surface area contributed by atoms with E-state index in [9.17, 15) is 4.79 Å². The molecule has 0 aliphatic heterocycles. The third-order valence-corrected chi connectivity index (χ3v) is 4.17. The van der Waals surface area contributed by atoms with E-state index in [4.69, 9.17) is 4.74 Å². The molecular weight excluding hydrogens is 280 g/mol. The van der Waals surface area contributed by atoms with Crippen molar-refractivity contribution in [3.05, 3.63) is 28.2 Å². The monoisotopic (exact) mass is 296 g/mol. The number of carbonyl (C=O) groups is 1. The lowest BCUT2D eigenvalue weighted by Gasteiger charge is -2.21. The molecule has 2 rings (SSSR count). The normalized spacial score (nSPS) is 20.4. The van der Waals surface area contributed by atoms with Gasteiger partial charge in [0.1, 0.15) is 11.5 Å². The van der Waals surface area contributed by atoms with Crippen molar-refractivity contribution in [3.63, 3.8) is 0 Å². The molecule has 0 amide bonds. The Hall–Kier alpha value is -0.830. The van der Waals surface area contributed by atoms with Gasteiger partial charge in [0.25, 0.3) is 0 Å². The summed E-state index contributed by atoms with van der Waals surface area (Å²) in [7, 11) is 1.67. The largest absolute Gasteiger partial charge is 0.497 e. The second-order valence-electron chi connectivity index (χ2n) is 4.57. The first kappa shape index (κ1) is 12.6. The van der Waals surface area contributed by atoms with E-state index in [-0.39, 0.29) is 5.92 Å². The van der Waals surface area contributed by atoms with Gasteiger partial charge in [-0.15, -0.1) is 0 Å². The molecule has 1 aromatic rings. The number of methoxy groups -OCH3 is 1. The zero-order valence-corrected chi connectivity index (χ0v) is 11.6. The van der Waals surface area contributed by atoms with E-state index in [1.165, 1.54) is 12.0 Å². The topological polar surface area (TPSA) is 26.3 Å². The fourth-order valence-electron chi connectivity index (χ4n) is 2.37. The number of carbonyl (C=O) groups excluding carboxylic acids is 1. The van der Waals surface area contributed by atoms with Crippen molar-refractivity contribution >= 4 is 21.7 Å². The van der Waals surface area contributed by atoms with Crippen LogP contribution >= 0.6 is 15.9 Å². The van der Waals surface area contributed by atoms with Gasteiger partial charge in [0, 0.05) is 16.8 Å². The molecule has 0 radical (unpaired) electrons. The highest BCUT2D eigenvalue weighted by atomic mass is 79.9. The van der Waals surface area contributed by atoms with Crippen LogP contribution < -0.4 is 4.74 Å². The summed E-state index contributed by atoms with van der Waals surface area (Å²) in [5, 5.41) is 0. The van der Waals surface area contributed by atoms with Crippen LogP contribution in [0.1, 0.15) is 31.2 Å². The van der Waals surface area contributed by atoms with Gasteiger partial charge >= 0.3 is 0 Å². The Bertz CT molecular complexity index is 415.